The van der Waals surface area contributed by atoms with Crippen molar-refractivity contribution in [1.82, 2.24) is 10.3 Å². The minimum atomic E-state index is -0.528. The Bertz CT molecular complexity index is 578. The summed E-state index contributed by atoms with van der Waals surface area (Å²) < 4.78 is 0. The molecule has 0 radical (unpaired) electrons. The monoisotopic (exact) mass is 333 g/mol. The molecule has 0 spiro atoms. The molecule has 4 fully saturated rings. The van der Waals surface area contributed by atoms with Crippen LogP contribution in [0.15, 0.2) is 11.6 Å². The number of anilines is 1. The first-order valence-electron chi connectivity index (χ1n) is 8.55. The molecule has 2 amide bonds. The Hall–Kier alpha value is -1.43. The molecule has 6 heteroatoms. The van der Waals surface area contributed by atoms with Gasteiger partial charge in [0.25, 0.3) is 0 Å². The first kappa shape index (κ1) is 15.1. The standard InChI is InChI=1S/C17H23N3O2S/c1-10(14(21)20-16-18-2-3-23-16)19-15(22)17-7-11-4-12(8-17)6-13(5-11)9-17/h2-3,10-13H,4-9H2,1H3,(H,19,22)(H,18,20,21). The van der Waals surface area contributed by atoms with E-state index in [1.807, 2.05) is 5.38 Å². The Morgan fingerprint density at radius 1 is 1.22 bits per heavy atom. The van der Waals surface area contributed by atoms with Crippen LogP contribution in [-0.2, 0) is 9.59 Å². The predicted octanol–water partition coefficient (Wildman–Crippen LogP) is 2.80. The molecule has 4 saturated carbocycles. The molecule has 4 bridgehead atoms. The van der Waals surface area contributed by atoms with E-state index in [-0.39, 0.29) is 17.2 Å². The number of hydrogen-bond acceptors (Lipinski definition) is 4. The van der Waals surface area contributed by atoms with Crippen LogP contribution in [0.2, 0.25) is 0 Å². The maximum atomic E-state index is 12.9. The fraction of sp³-hybridized carbons (Fsp3) is 0.706. The molecule has 0 saturated heterocycles. The number of hydrogen-bond donors (Lipinski definition) is 2. The van der Waals surface area contributed by atoms with Gasteiger partial charge in [-0.1, -0.05) is 0 Å². The summed E-state index contributed by atoms with van der Waals surface area (Å²) in [6.07, 6.45) is 8.65. The Morgan fingerprint density at radius 2 is 1.83 bits per heavy atom. The number of carbonyl (C=O) groups excluding carboxylic acids is 2. The highest BCUT2D eigenvalue weighted by atomic mass is 32.1. The first-order chi connectivity index (χ1) is 11.0. The molecule has 4 aliphatic rings. The predicted molar refractivity (Wildman–Crippen MR) is 89.0 cm³/mol. The molecular formula is C17H23N3O2S. The SMILES string of the molecule is CC(NC(=O)C12CC3CC(CC(C3)C1)C2)C(=O)Nc1nccs1. The Kier molecular flexibility index (Phi) is 3.67. The van der Waals surface area contributed by atoms with E-state index in [1.54, 1.807) is 13.1 Å². The Labute approximate surface area is 140 Å². The molecule has 0 aliphatic heterocycles. The molecular weight excluding hydrogens is 310 g/mol. The molecule has 1 heterocycles. The van der Waals surface area contributed by atoms with Gasteiger partial charge in [-0.25, -0.2) is 4.98 Å². The summed E-state index contributed by atoms with van der Waals surface area (Å²) in [4.78, 5) is 29.2. The van der Waals surface area contributed by atoms with Crippen molar-refractivity contribution in [1.29, 1.82) is 0 Å². The highest BCUT2D eigenvalue weighted by Gasteiger charge is 2.54. The largest absolute Gasteiger partial charge is 0.344 e. The average Bonchev–Trinajstić information content (AvgIpc) is 2.98. The van der Waals surface area contributed by atoms with Crippen LogP contribution in [0.25, 0.3) is 0 Å². The van der Waals surface area contributed by atoms with Crippen molar-refractivity contribution in [2.24, 2.45) is 23.2 Å². The third-order valence-electron chi connectivity index (χ3n) is 5.92. The summed E-state index contributed by atoms with van der Waals surface area (Å²) in [5.74, 6) is 2.08. The van der Waals surface area contributed by atoms with Gasteiger partial charge in [0.05, 0.1) is 0 Å². The van der Waals surface area contributed by atoms with Gasteiger partial charge in [-0.15, -0.1) is 11.3 Å². The van der Waals surface area contributed by atoms with Crippen LogP contribution in [0.5, 0.6) is 0 Å². The summed E-state index contributed by atoms with van der Waals surface area (Å²) in [6, 6.07) is -0.528. The van der Waals surface area contributed by atoms with Gasteiger partial charge in [0.15, 0.2) is 5.13 Å². The smallest absolute Gasteiger partial charge is 0.248 e. The van der Waals surface area contributed by atoms with Gasteiger partial charge in [-0.3, -0.25) is 9.59 Å². The highest BCUT2D eigenvalue weighted by molar-refractivity contribution is 7.13. The van der Waals surface area contributed by atoms with E-state index in [9.17, 15) is 9.59 Å². The van der Waals surface area contributed by atoms with Gasteiger partial charge >= 0.3 is 0 Å². The number of aromatic nitrogens is 1. The topological polar surface area (TPSA) is 71.1 Å². The molecule has 4 aliphatic carbocycles. The van der Waals surface area contributed by atoms with E-state index in [0.29, 0.717) is 5.13 Å². The molecule has 1 aromatic rings. The summed E-state index contributed by atoms with van der Waals surface area (Å²) in [6.45, 7) is 1.75. The number of nitrogens with one attached hydrogen (secondary N) is 2. The van der Waals surface area contributed by atoms with E-state index in [4.69, 9.17) is 0 Å². The van der Waals surface area contributed by atoms with Crippen LogP contribution in [0.1, 0.15) is 45.4 Å². The van der Waals surface area contributed by atoms with Gasteiger partial charge in [0.1, 0.15) is 6.04 Å². The third kappa shape index (κ3) is 2.77. The van der Waals surface area contributed by atoms with Gasteiger partial charge in [0, 0.05) is 17.0 Å². The van der Waals surface area contributed by atoms with E-state index in [1.165, 1.54) is 30.6 Å². The Morgan fingerprint density at radius 3 is 2.35 bits per heavy atom. The molecule has 0 aromatic carbocycles. The van der Waals surface area contributed by atoms with Crippen LogP contribution >= 0.6 is 11.3 Å². The zero-order valence-electron chi connectivity index (χ0n) is 13.4. The number of nitrogens with zero attached hydrogens (tertiary/aromatic N) is 1. The van der Waals surface area contributed by atoms with Crippen LogP contribution in [0.4, 0.5) is 5.13 Å². The summed E-state index contributed by atoms with van der Waals surface area (Å²) in [7, 11) is 0. The molecule has 1 atom stereocenters. The second-order valence-electron chi connectivity index (χ2n) is 7.72. The Balaban J connectivity index is 1.40. The fourth-order valence-electron chi connectivity index (χ4n) is 5.30. The van der Waals surface area contributed by atoms with E-state index < -0.39 is 6.04 Å². The van der Waals surface area contributed by atoms with Gasteiger partial charge in [-0.2, -0.15) is 0 Å². The van der Waals surface area contributed by atoms with Crippen molar-refractivity contribution in [2.45, 2.75) is 51.5 Å². The lowest BCUT2D eigenvalue weighted by atomic mass is 9.49. The number of rotatable bonds is 4. The summed E-state index contributed by atoms with van der Waals surface area (Å²) in [5.41, 5.74) is -0.204. The average molecular weight is 333 g/mol. The number of carbonyl (C=O) groups is 2. The first-order valence-corrected chi connectivity index (χ1v) is 9.43. The molecule has 5 rings (SSSR count). The van der Waals surface area contributed by atoms with Crippen molar-refractivity contribution in [2.75, 3.05) is 5.32 Å². The van der Waals surface area contributed by atoms with Crippen molar-refractivity contribution in [3.63, 3.8) is 0 Å². The van der Waals surface area contributed by atoms with Gasteiger partial charge in [0.2, 0.25) is 11.8 Å². The molecule has 23 heavy (non-hydrogen) atoms. The van der Waals surface area contributed by atoms with Crippen molar-refractivity contribution in [3.8, 4) is 0 Å². The lowest BCUT2D eigenvalue weighted by molar-refractivity contribution is -0.147. The molecule has 1 unspecified atom stereocenters. The number of thiazole rings is 1. The van der Waals surface area contributed by atoms with Crippen molar-refractivity contribution >= 4 is 28.3 Å². The van der Waals surface area contributed by atoms with Crippen LogP contribution < -0.4 is 10.6 Å². The second-order valence-corrected chi connectivity index (χ2v) is 8.61. The second kappa shape index (κ2) is 5.58. The number of amides is 2. The maximum absolute atomic E-state index is 12.9. The van der Waals surface area contributed by atoms with Crippen LogP contribution in [0.3, 0.4) is 0 Å². The minimum absolute atomic E-state index is 0.0957. The lowest BCUT2D eigenvalue weighted by Crippen LogP contribution is -2.56. The van der Waals surface area contributed by atoms with E-state index in [2.05, 4.69) is 15.6 Å². The molecule has 5 nitrogen and oxygen atoms in total. The summed E-state index contributed by atoms with van der Waals surface area (Å²) in [5, 5.41) is 8.12. The fourth-order valence-corrected chi connectivity index (χ4v) is 5.83. The lowest BCUT2D eigenvalue weighted by Gasteiger charge is -2.55. The molecule has 2 N–H and O–H groups in total. The normalized spacial score (nSPS) is 35.8. The highest BCUT2D eigenvalue weighted by Crippen LogP contribution is 2.60. The van der Waals surface area contributed by atoms with E-state index >= 15 is 0 Å². The molecule has 1 aromatic heterocycles. The zero-order valence-corrected chi connectivity index (χ0v) is 14.2. The minimum Gasteiger partial charge on any atom is -0.344 e. The zero-order chi connectivity index (χ0) is 16.0. The molecule has 124 valence electrons. The van der Waals surface area contributed by atoms with Crippen LogP contribution in [-0.4, -0.2) is 22.8 Å². The van der Waals surface area contributed by atoms with Crippen LogP contribution in [0, 0.1) is 23.2 Å². The third-order valence-corrected chi connectivity index (χ3v) is 6.61. The van der Waals surface area contributed by atoms with Crippen molar-refractivity contribution < 1.29 is 9.59 Å². The van der Waals surface area contributed by atoms with Gasteiger partial charge < -0.3 is 10.6 Å². The van der Waals surface area contributed by atoms with Crippen molar-refractivity contribution in [3.05, 3.63) is 11.6 Å². The maximum Gasteiger partial charge on any atom is 0.248 e. The van der Waals surface area contributed by atoms with E-state index in [0.717, 1.165) is 37.0 Å². The summed E-state index contributed by atoms with van der Waals surface area (Å²) >= 11 is 1.38. The quantitative estimate of drug-likeness (QED) is 0.890. The van der Waals surface area contributed by atoms with Gasteiger partial charge in [-0.05, 0) is 63.2 Å².